The molecule has 0 aromatic carbocycles. The third-order valence-corrected chi connectivity index (χ3v) is 5.14. The highest BCUT2D eigenvalue weighted by Crippen LogP contribution is 2.24. The molecule has 0 bridgehead atoms. The van der Waals surface area contributed by atoms with Crippen LogP contribution in [0.3, 0.4) is 0 Å². The van der Waals surface area contributed by atoms with E-state index >= 15 is 0 Å². The van der Waals surface area contributed by atoms with Crippen molar-refractivity contribution in [3.8, 4) is 0 Å². The Hall–Kier alpha value is -1.10. The van der Waals surface area contributed by atoms with Gasteiger partial charge in [0.15, 0.2) is 0 Å². The molecule has 0 saturated heterocycles. The van der Waals surface area contributed by atoms with Crippen LogP contribution in [-0.4, -0.2) is 24.0 Å². The van der Waals surface area contributed by atoms with E-state index in [1.54, 1.807) is 0 Å². The van der Waals surface area contributed by atoms with E-state index in [0.717, 1.165) is 51.4 Å². The lowest BCUT2D eigenvalue weighted by atomic mass is 9.91. The third-order valence-electron chi connectivity index (χ3n) is 5.14. The van der Waals surface area contributed by atoms with Gasteiger partial charge in [0.1, 0.15) is 12.2 Å². The zero-order valence-electron chi connectivity index (χ0n) is 16.8. The number of primary amides is 2. The average Bonchev–Trinajstić information content (AvgIpc) is 2.59. The van der Waals surface area contributed by atoms with Crippen molar-refractivity contribution in [2.45, 2.75) is 104 Å². The van der Waals surface area contributed by atoms with E-state index in [4.69, 9.17) is 16.2 Å². The summed E-state index contributed by atoms with van der Waals surface area (Å²) in [6.07, 6.45) is 8.22. The summed E-state index contributed by atoms with van der Waals surface area (Å²) in [4.78, 5) is 23.7. The molecule has 0 aromatic heterocycles. The molecule has 0 spiro atoms. The van der Waals surface area contributed by atoms with Crippen molar-refractivity contribution in [3.63, 3.8) is 0 Å². The van der Waals surface area contributed by atoms with E-state index in [-0.39, 0.29) is 0 Å². The lowest BCUT2D eigenvalue weighted by molar-refractivity contribution is -0.145. The van der Waals surface area contributed by atoms with Crippen LogP contribution in [0.5, 0.6) is 0 Å². The molecule has 0 aliphatic rings. The topological polar surface area (TPSA) is 95.4 Å². The molecule has 0 fully saturated rings. The van der Waals surface area contributed by atoms with Crippen molar-refractivity contribution >= 4 is 11.8 Å². The molecule has 148 valence electrons. The van der Waals surface area contributed by atoms with E-state index in [0.29, 0.717) is 24.7 Å². The first-order valence-corrected chi connectivity index (χ1v) is 10.1. The van der Waals surface area contributed by atoms with Crippen LogP contribution in [0.2, 0.25) is 0 Å². The Labute approximate surface area is 154 Å². The van der Waals surface area contributed by atoms with Gasteiger partial charge in [0, 0.05) is 0 Å². The van der Waals surface area contributed by atoms with Gasteiger partial charge in [-0.1, -0.05) is 79.1 Å². The van der Waals surface area contributed by atoms with Crippen LogP contribution >= 0.6 is 0 Å². The van der Waals surface area contributed by atoms with E-state index in [1.165, 1.54) is 0 Å². The van der Waals surface area contributed by atoms with E-state index in [9.17, 15) is 9.59 Å². The quantitative estimate of drug-likeness (QED) is 0.438. The lowest BCUT2D eigenvalue weighted by Crippen LogP contribution is -2.42. The highest BCUT2D eigenvalue weighted by Gasteiger charge is 2.28. The molecule has 0 aliphatic carbocycles. The van der Waals surface area contributed by atoms with Crippen LogP contribution in [0.1, 0.15) is 91.9 Å². The lowest BCUT2D eigenvalue weighted by Gasteiger charge is -2.26. The summed E-state index contributed by atoms with van der Waals surface area (Å²) >= 11 is 0. The Balaban J connectivity index is 4.88. The van der Waals surface area contributed by atoms with Crippen molar-refractivity contribution in [3.05, 3.63) is 0 Å². The number of rotatable bonds is 16. The van der Waals surface area contributed by atoms with Gasteiger partial charge in [-0.2, -0.15) is 0 Å². The molecular formula is C20H40N2O3. The van der Waals surface area contributed by atoms with Gasteiger partial charge in [-0.05, 0) is 24.7 Å². The van der Waals surface area contributed by atoms with Crippen LogP contribution in [0, 0.1) is 11.8 Å². The zero-order chi connectivity index (χ0) is 19.2. The van der Waals surface area contributed by atoms with Gasteiger partial charge in [0.05, 0.1) is 0 Å². The minimum atomic E-state index is -0.733. The molecular weight excluding hydrogens is 316 g/mol. The molecule has 25 heavy (non-hydrogen) atoms. The summed E-state index contributed by atoms with van der Waals surface area (Å²) < 4.78 is 5.85. The SMILES string of the molecule is CCCCC(CC)CC(OC(CC(CC)CCCC)C(N)=O)C(N)=O. The third kappa shape index (κ3) is 10.5. The highest BCUT2D eigenvalue weighted by atomic mass is 16.5. The maximum Gasteiger partial charge on any atom is 0.246 e. The van der Waals surface area contributed by atoms with Crippen molar-refractivity contribution in [1.29, 1.82) is 0 Å². The first kappa shape index (κ1) is 23.9. The summed E-state index contributed by atoms with van der Waals surface area (Å²) in [7, 11) is 0. The van der Waals surface area contributed by atoms with Crippen molar-refractivity contribution in [2.24, 2.45) is 23.3 Å². The maximum absolute atomic E-state index is 11.9. The molecule has 0 radical (unpaired) electrons. The fraction of sp³-hybridized carbons (Fsp3) is 0.900. The standard InChI is InChI=1S/C20H40N2O3/c1-5-9-11-15(7-3)13-17(19(21)23)25-18(20(22)24)14-16(8-4)12-10-6-2/h15-18H,5-14H2,1-4H3,(H2,21,23)(H2,22,24). The summed E-state index contributed by atoms with van der Waals surface area (Å²) in [6.45, 7) is 8.53. The van der Waals surface area contributed by atoms with Gasteiger partial charge >= 0.3 is 0 Å². The van der Waals surface area contributed by atoms with Gasteiger partial charge in [-0.3, -0.25) is 9.59 Å². The molecule has 5 heteroatoms. The molecule has 4 unspecified atom stereocenters. The molecule has 0 saturated carbocycles. The smallest absolute Gasteiger partial charge is 0.246 e. The maximum atomic E-state index is 11.9. The fourth-order valence-corrected chi connectivity index (χ4v) is 3.24. The molecule has 0 heterocycles. The van der Waals surface area contributed by atoms with Crippen molar-refractivity contribution in [1.82, 2.24) is 0 Å². The second-order valence-corrected chi connectivity index (χ2v) is 7.22. The van der Waals surface area contributed by atoms with Crippen LogP contribution < -0.4 is 11.5 Å². The Morgan fingerprint density at radius 1 is 0.760 bits per heavy atom. The number of hydrogen-bond donors (Lipinski definition) is 2. The highest BCUT2D eigenvalue weighted by molar-refractivity contribution is 5.81. The van der Waals surface area contributed by atoms with E-state index in [1.807, 2.05) is 0 Å². The Morgan fingerprint density at radius 3 is 1.36 bits per heavy atom. The van der Waals surface area contributed by atoms with Crippen LogP contribution in [0.25, 0.3) is 0 Å². The minimum absolute atomic E-state index is 0.382. The monoisotopic (exact) mass is 356 g/mol. The molecule has 4 N–H and O–H groups in total. The number of nitrogens with two attached hydrogens (primary N) is 2. The Bertz CT molecular complexity index is 340. The largest absolute Gasteiger partial charge is 0.367 e. The second kappa shape index (κ2) is 14.1. The Kier molecular flexibility index (Phi) is 13.5. The van der Waals surface area contributed by atoms with Gasteiger partial charge < -0.3 is 16.2 Å². The molecule has 4 atom stereocenters. The number of carbonyl (C=O) groups excluding carboxylic acids is 2. The minimum Gasteiger partial charge on any atom is -0.367 e. The predicted molar refractivity (Wildman–Crippen MR) is 103 cm³/mol. The number of hydrogen-bond acceptors (Lipinski definition) is 3. The molecule has 0 aliphatic heterocycles. The van der Waals surface area contributed by atoms with Crippen molar-refractivity contribution < 1.29 is 14.3 Å². The van der Waals surface area contributed by atoms with Crippen LogP contribution in [-0.2, 0) is 14.3 Å². The van der Waals surface area contributed by atoms with Gasteiger partial charge in [0.25, 0.3) is 0 Å². The number of carbonyl (C=O) groups is 2. The predicted octanol–water partition coefficient (Wildman–Crippen LogP) is 3.92. The fourth-order valence-electron chi connectivity index (χ4n) is 3.24. The van der Waals surface area contributed by atoms with Gasteiger partial charge in [0.2, 0.25) is 11.8 Å². The molecule has 5 nitrogen and oxygen atoms in total. The summed E-state index contributed by atoms with van der Waals surface area (Å²) in [5.74, 6) is -0.230. The first-order chi connectivity index (χ1) is 11.9. The Morgan fingerprint density at radius 2 is 1.12 bits per heavy atom. The number of amides is 2. The first-order valence-electron chi connectivity index (χ1n) is 10.1. The van der Waals surface area contributed by atoms with E-state index in [2.05, 4.69) is 27.7 Å². The summed E-state index contributed by atoms with van der Waals surface area (Å²) in [5, 5.41) is 0. The summed E-state index contributed by atoms with van der Waals surface area (Å²) in [6, 6.07) is 0. The van der Waals surface area contributed by atoms with Crippen LogP contribution in [0.4, 0.5) is 0 Å². The van der Waals surface area contributed by atoms with Gasteiger partial charge in [-0.25, -0.2) is 0 Å². The zero-order valence-corrected chi connectivity index (χ0v) is 16.8. The second-order valence-electron chi connectivity index (χ2n) is 7.22. The molecule has 0 aromatic rings. The molecule has 0 rings (SSSR count). The number of unbranched alkanes of at least 4 members (excludes halogenated alkanes) is 2. The molecule has 2 amide bonds. The van der Waals surface area contributed by atoms with Crippen LogP contribution in [0.15, 0.2) is 0 Å². The average molecular weight is 357 g/mol. The van der Waals surface area contributed by atoms with Gasteiger partial charge in [-0.15, -0.1) is 0 Å². The van der Waals surface area contributed by atoms with E-state index < -0.39 is 24.0 Å². The number of ether oxygens (including phenoxy) is 1. The van der Waals surface area contributed by atoms with Crippen molar-refractivity contribution in [2.75, 3.05) is 0 Å². The summed E-state index contributed by atoms with van der Waals surface area (Å²) in [5.41, 5.74) is 11.1. The normalized spacial score (nSPS) is 16.2.